The van der Waals surface area contributed by atoms with Crippen LogP contribution >= 0.6 is 11.6 Å². The smallest absolute Gasteiger partial charge is 0.283 e. The van der Waals surface area contributed by atoms with E-state index in [2.05, 4.69) is 5.32 Å². The Kier molecular flexibility index (Phi) is 6.54. The minimum atomic E-state index is -0.650. The van der Waals surface area contributed by atoms with Gasteiger partial charge in [-0.05, 0) is 25.0 Å². The summed E-state index contributed by atoms with van der Waals surface area (Å²) in [5, 5.41) is 13.8. The van der Waals surface area contributed by atoms with Gasteiger partial charge in [-0.2, -0.15) is 0 Å². The van der Waals surface area contributed by atoms with E-state index in [1.165, 1.54) is 12.1 Å². The molecule has 1 saturated heterocycles. The molecule has 8 heteroatoms. The van der Waals surface area contributed by atoms with E-state index in [1.807, 2.05) is 4.90 Å². The van der Waals surface area contributed by atoms with Crippen molar-refractivity contribution in [1.82, 2.24) is 10.2 Å². The second kappa shape index (κ2) is 8.63. The molecule has 2 amide bonds. The van der Waals surface area contributed by atoms with Crippen LogP contribution in [0.3, 0.4) is 0 Å². The van der Waals surface area contributed by atoms with Gasteiger partial charge < -0.3 is 10.2 Å². The van der Waals surface area contributed by atoms with Crippen LogP contribution in [0.5, 0.6) is 0 Å². The van der Waals surface area contributed by atoms with Crippen LogP contribution in [0.15, 0.2) is 18.2 Å². The van der Waals surface area contributed by atoms with E-state index in [0.717, 1.165) is 44.8 Å². The molecule has 1 aromatic carbocycles. The quantitative estimate of drug-likeness (QED) is 0.650. The summed E-state index contributed by atoms with van der Waals surface area (Å²) >= 11 is 5.72. The van der Waals surface area contributed by atoms with Gasteiger partial charge in [0.25, 0.3) is 11.6 Å². The number of hydrogen-bond acceptors (Lipinski definition) is 4. The lowest BCUT2D eigenvalue weighted by molar-refractivity contribution is -0.385. The molecule has 0 saturated carbocycles. The van der Waals surface area contributed by atoms with Crippen molar-refractivity contribution in [3.05, 3.63) is 38.9 Å². The summed E-state index contributed by atoms with van der Waals surface area (Å²) < 4.78 is 0. The Balaban J connectivity index is 1.89. The Hall–Kier alpha value is -2.15. The molecule has 1 heterocycles. The minimum absolute atomic E-state index is 0.00260. The number of halogens is 1. The van der Waals surface area contributed by atoms with Crippen LogP contribution in [0.25, 0.3) is 0 Å². The molecule has 7 nitrogen and oxygen atoms in total. The predicted molar refractivity (Wildman–Crippen MR) is 90.1 cm³/mol. The lowest BCUT2D eigenvalue weighted by Gasteiger charge is -2.20. The third kappa shape index (κ3) is 4.92. The van der Waals surface area contributed by atoms with Crippen molar-refractivity contribution < 1.29 is 14.5 Å². The van der Waals surface area contributed by atoms with Crippen LogP contribution in [-0.4, -0.2) is 41.3 Å². The molecule has 0 atom stereocenters. The van der Waals surface area contributed by atoms with Crippen molar-refractivity contribution in [1.29, 1.82) is 0 Å². The van der Waals surface area contributed by atoms with Gasteiger partial charge in [0.05, 0.1) is 4.92 Å². The van der Waals surface area contributed by atoms with Crippen molar-refractivity contribution in [2.75, 3.05) is 19.6 Å². The Morgan fingerprint density at radius 3 is 2.50 bits per heavy atom. The van der Waals surface area contributed by atoms with Crippen LogP contribution in [-0.2, 0) is 4.79 Å². The van der Waals surface area contributed by atoms with Crippen LogP contribution in [0, 0.1) is 10.1 Å². The number of carbonyl (C=O) groups is 2. The van der Waals surface area contributed by atoms with Gasteiger partial charge in [0, 0.05) is 37.1 Å². The Morgan fingerprint density at radius 1 is 1.21 bits per heavy atom. The molecule has 1 aromatic rings. The Bertz CT molecular complexity index is 628. The summed E-state index contributed by atoms with van der Waals surface area (Å²) in [4.78, 5) is 36.4. The fourth-order valence-electron chi connectivity index (χ4n) is 2.70. The number of hydrogen-bond donors (Lipinski definition) is 1. The average molecular weight is 354 g/mol. The van der Waals surface area contributed by atoms with Gasteiger partial charge in [0.1, 0.15) is 5.56 Å². The number of benzene rings is 1. The predicted octanol–water partition coefficient (Wildman–Crippen LogP) is 2.77. The highest BCUT2D eigenvalue weighted by molar-refractivity contribution is 6.31. The Labute approximate surface area is 145 Å². The summed E-state index contributed by atoms with van der Waals surface area (Å²) in [6.45, 7) is 1.67. The van der Waals surface area contributed by atoms with E-state index in [4.69, 9.17) is 11.6 Å². The first-order valence-electron chi connectivity index (χ1n) is 7.99. The van der Waals surface area contributed by atoms with Crippen molar-refractivity contribution in [3.8, 4) is 0 Å². The van der Waals surface area contributed by atoms with Crippen LogP contribution < -0.4 is 5.32 Å². The fraction of sp³-hybridized carbons (Fsp3) is 0.500. The monoisotopic (exact) mass is 353 g/mol. The number of amides is 2. The summed E-state index contributed by atoms with van der Waals surface area (Å²) in [5.74, 6) is -0.579. The van der Waals surface area contributed by atoms with Gasteiger partial charge in [0.15, 0.2) is 0 Å². The number of nitrogens with one attached hydrogen (secondary N) is 1. The maximum Gasteiger partial charge on any atom is 0.283 e. The lowest BCUT2D eigenvalue weighted by atomic mass is 10.1. The van der Waals surface area contributed by atoms with E-state index in [-0.39, 0.29) is 35.1 Å². The maximum absolute atomic E-state index is 12.1. The molecule has 1 aliphatic heterocycles. The van der Waals surface area contributed by atoms with Gasteiger partial charge in [-0.3, -0.25) is 19.7 Å². The van der Waals surface area contributed by atoms with E-state index in [9.17, 15) is 19.7 Å². The molecule has 130 valence electrons. The van der Waals surface area contributed by atoms with Crippen molar-refractivity contribution in [2.45, 2.75) is 32.1 Å². The van der Waals surface area contributed by atoms with Crippen molar-refractivity contribution in [2.24, 2.45) is 0 Å². The standard InChI is InChI=1S/C16H20ClN3O4/c17-12-5-6-13(14(11-12)20(23)24)16(22)18-8-7-15(21)19-9-3-1-2-4-10-19/h5-6,11H,1-4,7-10H2,(H,18,22). The summed E-state index contributed by atoms with van der Waals surface area (Å²) in [6, 6.07) is 3.87. The zero-order valence-corrected chi connectivity index (χ0v) is 14.1. The molecule has 1 aliphatic rings. The van der Waals surface area contributed by atoms with E-state index >= 15 is 0 Å². The first kappa shape index (κ1) is 18.2. The highest BCUT2D eigenvalue weighted by atomic mass is 35.5. The average Bonchev–Trinajstić information content (AvgIpc) is 2.83. The topological polar surface area (TPSA) is 92.6 Å². The van der Waals surface area contributed by atoms with Gasteiger partial charge in [0.2, 0.25) is 5.91 Å². The summed E-state index contributed by atoms with van der Waals surface area (Å²) in [6.07, 6.45) is 4.48. The molecule has 0 aromatic heterocycles. The molecule has 0 bridgehead atoms. The van der Waals surface area contributed by atoms with Gasteiger partial charge >= 0.3 is 0 Å². The molecule has 0 aliphatic carbocycles. The van der Waals surface area contributed by atoms with Gasteiger partial charge in [-0.15, -0.1) is 0 Å². The van der Waals surface area contributed by atoms with Crippen LogP contribution in [0.2, 0.25) is 5.02 Å². The second-order valence-electron chi connectivity index (χ2n) is 5.72. The largest absolute Gasteiger partial charge is 0.351 e. The summed E-state index contributed by atoms with van der Waals surface area (Å²) in [5.41, 5.74) is -0.412. The molecule has 2 rings (SSSR count). The van der Waals surface area contributed by atoms with Crippen LogP contribution in [0.4, 0.5) is 5.69 Å². The molecule has 0 radical (unpaired) electrons. The zero-order valence-electron chi connectivity index (χ0n) is 13.3. The van der Waals surface area contributed by atoms with E-state index in [1.54, 1.807) is 0 Å². The normalized spacial score (nSPS) is 14.8. The number of nitrogens with zero attached hydrogens (tertiary/aromatic N) is 2. The SMILES string of the molecule is O=C(NCCC(=O)N1CCCCCC1)c1ccc(Cl)cc1[N+](=O)[O-]. The number of nitro benzene ring substituents is 1. The van der Waals surface area contributed by atoms with Crippen molar-refractivity contribution >= 4 is 29.1 Å². The number of nitro groups is 1. The molecular formula is C16H20ClN3O4. The zero-order chi connectivity index (χ0) is 17.5. The minimum Gasteiger partial charge on any atom is -0.351 e. The molecule has 0 unspecified atom stereocenters. The maximum atomic E-state index is 12.1. The van der Waals surface area contributed by atoms with E-state index < -0.39 is 10.8 Å². The van der Waals surface area contributed by atoms with Gasteiger partial charge in [-0.25, -0.2) is 0 Å². The lowest BCUT2D eigenvalue weighted by Crippen LogP contribution is -2.35. The Morgan fingerprint density at radius 2 is 1.88 bits per heavy atom. The van der Waals surface area contributed by atoms with Gasteiger partial charge in [-0.1, -0.05) is 24.4 Å². The first-order valence-corrected chi connectivity index (χ1v) is 8.37. The highest BCUT2D eigenvalue weighted by Crippen LogP contribution is 2.23. The molecule has 1 fully saturated rings. The third-order valence-electron chi connectivity index (χ3n) is 3.98. The molecule has 24 heavy (non-hydrogen) atoms. The van der Waals surface area contributed by atoms with Crippen molar-refractivity contribution in [3.63, 3.8) is 0 Å². The number of rotatable bonds is 5. The molecule has 1 N–H and O–H groups in total. The molecular weight excluding hydrogens is 334 g/mol. The first-order chi connectivity index (χ1) is 11.5. The fourth-order valence-corrected chi connectivity index (χ4v) is 2.87. The highest BCUT2D eigenvalue weighted by Gasteiger charge is 2.21. The third-order valence-corrected chi connectivity index (χ3v) is 4.22. The number of carbonyl (C=O) groups excluding carboxylic acids is 2. The molecule has 0 spiro atoms. The van der Waals surface area contributed by atoms with E-state index in [0.29, 0.717) is 0 Å². The number of likely N-dealkylation sites (tertiary alicyclic amines) is 1. The second-order valence-corrected chi connectivity index (χ2v) is 6.16. The summed E-state index contributed by atoms with van der Waals surface area (Å²) in [7, 11) is 0. The van der Waals surface area contributed by atoms with Crippen LogP contribution in [0.1, 0.15) is 42.5 Å².